The van der Waals surface area contributed by atoms with Gasteiger partial charge in [0.15, 0.2) is 0 Å². The molecule has 0 aliphatic rings. The van der Waals surface area contributed by atoms with Gasteiger partial charge >= 0.3 is 0 Å². The fraction of sp³-hybridized carbons (Fsp3) is 0.273. The van der Waals surface area contributed by atoms with Crippen molar-refractivity contribution in [2.24, 2.45) is 0 Å². The van der Waals surface area contributed by atoms with Crippen LogP contribution in [0.1, 0.15) is 30.9 Å². The Balaban J connectivity index is 2.36. The van der Waals surface area contributed by atoms with E-state index in [0.717, 1.165) is 60.3 Å². The van der Waals surface area contributed by atoms with E-state index in [4.69, 9.17) is 4.74 Å². The van der Waals surface area contributed by atoms with Crippen LogP contribution in [0.25, 0.3) is 11.1 Å². The fourth-order valence-electron chi connectivity index (χ4n) is 2.64. The van der Waals surface area contributed by atoms with Gasteiger partial charge in [0.1, 0.15) is 11.5 Å². The number of rotatable bonds is 9. The minimum absolute atomic E-state index is 0.284. The van der Waals surface area contributed by atoms with Gasteiger partial charge < -0.3 is 9.84 Å². The molecule has 2 rings (SSSR count). The van der Waals surface area contributed by atoms with Crippen molar-refractivity contribution < 1.29 is 9.84 Å². The highest BCUT2D eigenvalue weighted by molar-refractivity contribution is 5.72. The first kappa shape index (κ1) is 17.9. The minimum atomic E-state index is 0.284. The molecule has 0 radical (unpaired) electrons. The highest BCUT2D eigenvalue weighted by Crippen LogP contribution is 2.33. The molecule has 0 amide bonds. The van der Waals surface area contributed by atoms with Crippen LogP contribution >= 0.6 is 0 Å². The van der Waals surface area contributed by atoms with Gasteiger partial charge in [-0.1, -0.05) is 37.6 Å². The van der Waals surface area contributed by atoms with E-state index >= 15 is 0 Å². The molecule has 0 unspecified atom stereocenters. The smallest absolute Gasteiger partial charge is 0.123 e. The third-order valence-electron chi connectivity index (χ3n) is 3.93. The maximum absolute atomic E-state index is 10.2. The number of hydrogen-bond acceptors (Lipinski definition) is 2. The minimum Gasteiger partial charge on any atom is -0.507 e. The summed E-state index contributed by atoms with van der Waals surface area (Å²) in [6, 6.07) is 11.8. The molecular weight excluding hydrogens is 296 g/mol. The maximum atomic E-state index is 10.2. The first-order chi connectivity index (χ1) is 11.7. The Bertz CT molecular complexity index is 701. The molecule has 0 bridgehead atoms. The number of hydrogen-bond donors (Lipinski definition) is 1. The highest BCUT2D eigenvalue weighted by atomic mass is 16.5. The number of phenols is 1. The van der Waals surface area contributed by atoms with Crippen molar-refractivity contribution in [2.45, 2.75) is 32.6 Å². The van der Waals surface area contributed by atoms with Gasteiger partial charge in [-0.2, -0.15) is 0 Å². The molecule has 2 aromatic rings. The van der Waals surface area contributed by atoms with E-state index in [9.17, 15) is 5.11 Å². The van der Waals surface area contributed by atoms with Crippen LogP contribution < -0.4 is 4.74 Å². The molecule has 0 saturated carbocycles. The molecule has 24 heavy (non-hydrogen) atoms. The van der Waals surface area contributed by atoms with Crippen molar-refractivity contribution in [3.63, 3.8) is 0 Å². The molecule has 1 N–H and O–H groups in total. The largest absolute Gasteiger partial charge is 0.507 e. The molecule has 0 aliphatic heterocycles. The lowest BCUT2D eigenvalue weighted by Gasteiger charge is -2.13. The van der Waals surface area contributed by atoms with Crippen LogP contribution in [0, 0.1) is 0 Å². The summed E-state index contributed by atoms with van der Waals surface area (Å²) in [5, 5.41) is 10.2. The van der Waals surface area contributed by atoms with Gasteiger partial charge in [-0.05, 0) is 60.2 Å². The molecular formula is C22H26O2. The topological polar surface area (TPSA) is 29.5 Å². The predicted molar refractivity (Wildman–Crippen MR) is 102 cm³/mol. The molecule has 0 spiro atoms. The lowest BCUT2D eigenvalue weighted by atomic mass is 9.97. The van der Waals surface area contributed by atoms with E-state index < -0.39 is 0 Å². The molecule has 0 heterocycles. The van der Waals surface area contributed by atoms with Crippen molar-refractivity contribution in [2.75, 3.05) is 6.61 Å². The van der Waals surface area contributed by atoms with Crippen LogP contribution in [-0.2, 0) is 12.8 Å². The average Bonchev–Trinajstić information content (AvgIpc) is 2.58. The van der Waals surface area contributed by atoms with Crippen LogP contribution in [0.4, 0.5) is 0 Å². The third-order valence-corrected chi connectivity index (χ3v) is 3.93. The monoisotopic (exact) mass is 322 g/mol. The van der Waals surface area contributed by atoms with Crippen LogP contribution in [0.2, 0.25) is 0 Å². The van der Waals surface area contributed by atoms with Gasteiger partial charge in [-0.15, -0.1) is 13.2 Å². The van der Waals surface area contributed by atoms with Crippen molar-refractivity contribution in [1.82, 2.24) is 0 Å². The van der Waals surface area contributed by atoms with Crippen LogP contribution in [0.15, 0.2) is 61.7 Å². The lowest BCUT2D eigenvalue weighted by Crippen LogP contribution is -2.00. The molecule has 0 saturated heterocycles. The Morgan fingerprint density at radius 3 is 2.54 bits per heavy atom. The summed E-state index contributed by atoms with van der Waals surface area (Å²) in [6.07, 6.45) is 7.41. The summed E-state index contributed by atoms with van der Waals surface area (Å²) >= 11 is 0. The van der Waals surface area contributed by atoms with E-state index in [0.29, 0.717) is 0 Å². The lowest BCUT2D eigenvalue weighted by molar-refractivity contribution is 0.307. The number of phenolic OH excluding ortho intramolecular Hbond substituents is 1. The molecule has 2 heteroatoms. The van der Waals surface area contributed by atoms with Gasteiger partial charge in [0.2, 0.25) is 0 Å². The highest BCUT2D eigenvalue weighted by Gasteiger charge is 2.10. The molecule has 0 aromatic heterocycles. The van der Waals surface area contributed by atoms with Gasteiger partial charge in [-0.3, -0.25) is 0 Å². The molecule has 0 fully saturated rings. The second-order valence-electron chi connectivity index (χ2n) is 5.86. The van der Waals surface area contributed by atoms with E-state index in [-0.39, 0.29) is 5.75 Å². The van der Waals surface area contributed by atoms with Gasteiger partial charge in [0.25, 0.3) is 0 Å². The zero-order chi connectivity index (χ0) is 17.4. The summed E-state index contributed by atoms with van der Waals surface area (Å²) in [6.45, 7) is 10.5. The summed E-state index contributed by atoms with van der Waals surface area (Å²) in [4.78, 5) is 0. The number of unbranched alkanes of at least 4 members (excludes halogenated alkanes) is 1. The molecule has 2 aromatic carbocycles. The summed E-state index contributed by atoms with van der Waals surface area (Å²) < 4.78 is 5.89. The van der Waals surface area contributed by atoms with E-state index in [1.807, 2.05) is 36.4 Å². The second-order valence-corrected chi connectivity index (χ2v) is 5.86. The van der Waals surface area contributed by atoms with Crippen LogP contribution in [-0.4, -0.2) is 11.7 Å². The molecule has 2 nitrogen and oxygen atoms in total. The number of benzene rings is 2. The van der Waals surface area contributed by atoms with Crippen molar-refractivity contribution in [3.8, 4) is 22.6 Å². The van der Waals surface area contributed by atoms with Crippen LogP contribution in [0.3, 0.4) is 0 Å². The summed E-state index contributed by atoms with van der Waals surface area (Å²) in [5.74, 6) is 1.18. The van der Waals surface area contributed by atoms with E-state index in [1.54, 1.807) is 6.07 Å². The molecule has 126 valence electrons. The second kappa shape index (κ2) is 8.97. The van der Waals surface area contributed by atoms with Crippen molar-refractivity contribution in [1.29, 1.82) is 0 Å². The Morgan fingerprint density at radius 2 is 1.83 bits per heavy atom. The zero-order valence-corrected chi connectivity index (χ0v) is 14.4. The first-order valence-corrected chi connectivity index (χ1v) is 8.49. The molecule has 0 atom stereocenters. The summed E-state index contributed by atoms with van der Waals surface area (Å²) in [7, 11) is 0. The zero-order valence-electron chi connectivity index (χ0n) is 14.4. The fourth-order valence-corrected chi connectivity index (χ4v) is 2.64. The van der Waals surface area contributed by atoms with Crippen molar-refractivity contribution >= 4 is 0 Å². The number of ether oxygens (including phenoxy) is 1. The first-order valence-electron chi connectivity index (χ1n) is 8.49. The number of aromatic hydroxyl groups is 1. The Morgan fingerprint density at radius 1 is 1.04 bits per heavy atom. The average molecular weight is 322 g/mol. The van der Waals surface area contributed by atoms with Gasteiger partial charge in [-0.25, -0.2) is 0 Å². The number of allylic oxidation sites excluding steroid dienone is 2. The standard InChI is InChI=1S/C22H26O2/c1-4-7-14-24-22-13-11-18(16-19(22)9-6-3)20-15-17(8-5-2)10-12-21(20)23/h5-6,10-13,15-16,23H,2-4,7-9,14H2,1H3. The third kappa shape index (κ3) is 4.51. The predicted octanol–water partition coefficient (Wildman–Crippen LogP) is 5.70. The van der Waals surface area contributed by atoms with E-state index in [2.05, 4.69) is 26.1 Å². The Labute approximate surface area is 145 Å². The van der Waals surface area contributed by atoms with E-state index in [1.165, 1.54) is 0 Å². The quantitative estimate of drug-likeness (QED) is 0.474. The summed E-state index contributed by atoms with van der Waals surface area (Å²) in [5.41, 5.74) is 4.04. The molecule has 0 aliphatic carbocycles. The Kier molecular flexibility index (Phi) is 6.68. The normalized spacial score (nSPS) is 10.4. The maximum Gasteiger partial charge on any atom is 0.123 e. The van der Waals surface area contributed by atoms with Gasteiger partial charge in [0.05, 0.1) is 6.61 Å². The van der Waals surface area contributed by atoms with Crippen molar-refractivity contribution in [3.05, 3.63) is 72.8 Å². The van der Waals surface area contributed by atoms with Gasteiger partial charge in [0, 0.05) is 5.56 Å². The SMILES string of the molecule is C=CCc1ccc(O)c(-c2ccc(OCCCC)c(CC=C)c2)c1. The van der Waals surface area contributed by atoms with Crippen LogP contribution in [0.5, 0.6) is 11.5 Å². The Hall–Kier alpha value is -2.48.